The minimum atomic E-state index is -1.04. The maximum absolute atomic E-state index is 11.5. The maximum atomic E-state index is 11.5. The molecule has 1 aliphatic rings. The molecule has 1 heterocycles. The number of hydrogen-bond acceptors (Lipinski definition) is 5. The number of methoxy groups -OCH3 is 1. The van der Waals surface area contributed by atoms with Gasteiger partial charge in [-0.05, 0) is 43.5 Å². The number of anilines is 1. The van der Waals surface area contributed by atoms with Crippen LogP contribution in [0.3, 0.4) is 0 Å². The average Bonchev–Trinajstić information content (AvgIpc) is 2.89. The van der Waals surface area contributed by atoms with Crippen LogP contribution in [0.15, 0.2) is 18.2 Å². The Morgan fingerprint density at radius 3 is 2.91 bits per heavy atom. The average molecular weight is 363 g/mol. The maximum Gasteiger partial charge on any atom is 2.00 e. The monoisotopic (exact) mass is 363 g/mol. The number of nitrogens with one attached hydrogen (secondary N) is 1. The first-order valence-electron chi connectivity index (χ1n) is 6.74. The Morgan fingerprint density at radius 2 is 2.23 bits per heavy atom. The van der Waals surface area contributed by atoms with Gasteiger partial charge in [0, 0.05) is 10.4 Å². The topological polar surface area (TPSA) is 71.5 Å². The predicted molar refractivity (Wildman–Crippen MR) is 81.8 cm³/mol. The van der Waals surface area contributed by atoms with E-state index < -0.39 is 12.0 Å². The Morgan fingerprint density at radius 1 is 1.45 bits per heavy atom. The molecule has 1 aromatic heterocycles. The summed E-state index contributed by atoms with van der Waals surface area (Å²) >= 11 is 1.47. The number of aryl methyl sites for hydroxylation is 2. The number of aliphatic hydroxyl groups excluding tert-OH is 1. The van der Waals surface area contributed by atoms with Gasteiger partial charge in [0.2, 0.25) is 0 Å². The fourth-order valence-corrected chi connectivity index (χ4v) is 3.36. The van der Waals surface area contributed by atoms with Crippen LogP contribution in [0.4, 0.5) is 5.13 Å². The van der Waals surface area contributed by atoms with Gasteiger partial charge in [-0.1, -0.05) is 0 Å². The van der Waals surface area contributed by atoms with E-state index in [1.807, 2.05) is 18.2 Å². The first kappa shape index (κ1) is 16.9. The number of fused-ring (bicyclic) bond motifs is 3. The molecule has 0 saturated heterocycles. The second-order valence-corrected chi connectivity index (χ2v) is 6.06. The zero-order valence-corrected chi connectivity index (χ0v) is 14.0. The molecule has 1 unspecified atom stereocenters. The van der Waals surface area contributed by atoms with E-state index in [0.29, 0.717) is 5.13 Å². The van der Waals surface area contributed by atoms with Crippen LogP contribution in [-0.2, 0) is 34.4 Å². The molecule has 0 aliphatic heterocycles. The number of benzene rings is 1. The first-order chi connectivity index (χ1) is 10.1. The van der Waals surface area contributed by atoms with Crippen LogP contribution < -0.4 is 10.1 Å². The second-order valence-electron chi connectivity index (χ2n) is 4.98. The molecule has 3 rings (SSSR count). The van der Waals surface area contributed by atoms with Gasteiger partial charge in [-0.15, -0.1) is 11.3 Å². The summed E-state index contributed by atoms with van der Waals surface area (Å²) in [6, 6.07) is 5.96. The van der Waals surface area contributed by atoms with Crippen LogP contribution in [0.2, 0.25) is 0 Å². The molecule has 22 heavy (non-hydrogen) atoms. The van der Waals surface area contributed by atoms with E-state index in [1.165, 1.54) is 23.8 Å². The molecule has 7 heteroatoms. The van der Waals surface area contributed by atoms with Gasteiger partial charge in [0.05, 0.1) is 12.8 Å². The van der Waals surface area contributed by atoms with Gasteiger partial charge in [-0.2, -0.15) is 0 Å². The minimum Gasteiger partial charge on any atom is -0.497 e. The van der Waals surface area contributed by atoms with Crippen molar-refractivity contribution in [3.05, 3.63) is 28.6 Å². The molecule has 0 fully saturated rings. The summed E-state index contributed by atoms with van der Waals surface area (Å²) in [6.45, 7) is 1.43. The summed E-state index contributed by atoms with van der Waals surface area (Å²) in [5, 5.41) is 12.4. The third kappa shape index (κ3) is 3.17. The summed E-state index contributed by atoms with van der Waals surface area (Å²) in [7, 11) is 1.66. The standard InChI is InChI=1S/C15H16N2O3S.Co/c1-8(18)14(19)17-15-16-13-11-5-4-10(20-2)7-9(11)3-6-12(13)21-15;/h4-5,7-8,18H,3,6H2,1-2H3,(H,16,17,19);/q;+2. The third-order valence-corrected chi connectivity index (χ3v) is 4.53. The van der Waals surface area contributed by atoms with Crippen LogP contribution >= 0.6 is 11.3 Å². The summed E-state index contributed by atoms with van der Waals surface area (Å²) in [5.74, 6) is 0.408. The van der Waals surface area contributed by atoms with Crippen molar-refractivity contribution in [1.29, 1.82) is 0 Å². The number of carbonyl (C=O) groups is 1. The van der Waals surface area contributed by atoms with E-state index >= 15 is 0 Å². The Hall–Kier alpha value is -1.41. The smallest absolute Gasteiger partial charge is 0.497 e. The van der Waals surface area contributed by atoms with Crippen molar-refractivity contribution >= 4 is 22.4 Å². The number of ether oxygens (including phenoxy) is 1. The van der Waals surface area contributed by atoms with Gasteiger partial charge in [0.25, 0.3) is 5.91 Å². The van der Waals surface area contributed by atoms with E-state index in [0.717, 1.165) is 34.7 Å². The van der Waals surface area contributed by atoms with Crippen molar-refractivity contribution in [2.45, 2.75) is 25.9 Å². The second kappa shape index (κ2) is 6.78. The van der Waals surface area contributed by atoms with Crippen LogP contribution in [0.5, 0.6) is 5.75 Å². The normalized spacial score (nSPS) is 13.4. The van der Waals surface area contributed by atoms with Crippen molar-refractivity contribution in [3.63, 3.8) is 0 Å². The molecule has 0 spiro atoms. The third-order valence-electron chi connectivity index (χ3n) is 3.50. The van der Waals surface area contributed by atoms with Gasteiger partial charge in [0.1, 0.15) is 11.9 Å². The van der Waals surface area contributed by atoms with E-state index in [4.69, 9.17) is 4.74 Å². The fraction of sp³-hybridized carbons (Fsp3) is 0.333. The molecular weight excluding hydrogens is 347 g/mol. The zero-order valence-electron chi connectivity index (χ0n) is 12.2. The van der Waals surface area contributed by atoms with Crippen LogP contribution in [-0.4, -0.2) is 29.2 Å². The molecule has 5 nitrogen and oxygen atoms in total. The zero-order chi connectivity index (χ0) is 15.0. The number of aliphatic hydroxyl groups is 1. The van der Waals surface area contributed by atoms with E-state index in [1.54, 1.807) is 7.11 Å². The molecule has 1 radical (unpaired) electrons. The quantitative estimate of drug-likeness (QED) is 0.877. The van der Waals surface area contributed by atoms with Crippen molar-refractivity contribution in [2.24, 2.45) is 0 Å². The van der Waals surface area contributed by atoms with Crippen LogP contribution in [0.1, 0.15) is 17.4 Å². The molecule has 1 aliphatic carbocycles. The molecule has 2 N–H and O–H groups in total. The van der Waals surface area contributed by atoms with Crippen molar-refractivity contribution in [2.75, 3.05) is 12.4 Å². The van der Waals surface area contributed by atoms with Crippen molar-refractivity contribution in [1.82, 2.24) is 4.98 Å². The largest absolute Gasteiger partial charge is 2.00 e. The van der Waals surface area contributed by atoms with Crippen molar-refractivity contribution < 1.29 is 31.4 Å². The van der Waals surface area contributed by atoms with Gasteiger partial charge in [-0.3, -0.25) is 10.1 Å². The first-order valence-corrected chi connectivity index (χ1v) is 7.56. The molecule has 2 aromatic rings. The Bertz CT molecular complexity index is 700. The van der Waals surface area contributed by atoms with Gasteiger partial charge in [0.15, 0.2) is 5.13 Å². The minimum absolute atomic E-state index is 0. The number of aromatic nitrogens is 1. The molecule has 1 aromatic carbocycles. The number of rotatable bonds is 3. The number of thiazole rings is 1. The summed E-state index contributed by atoms with van der Waals surface area (Å²) in [5.41, 5.74) is 3.22. The Balaban J connectivity index is 0.00000176. The Labute approximate surface area is 142 Å². The number of carbonyl (C=O) groups excluding carboxylic acids is 1. The number of nitrogens with zero attached hydrogens (tertiary/aromatic N) is 1. The van der Waals surface area contributed by atoms with E-state index in [9.17, 15) is 9.90 Å². The number of hydrogen-bond donors (Lipinski definition) is 2. The molecule has 1 amide bonds. The molecule has 0 bridgehead atoms. The summed E-state index contributed by atoms with van der Waals surface area (Å²) in [4.78, 5) is 17.2. The molecule has 117 valence electrons. The van der Waals surface area contributed by atoms with Gasteiger partial charge < -0.3 is 9.84 Å². The van der Waals surface area contributed by atoms with Gasteiger partial charge in [-0.25, -0.2) is 4.98 Å². The van der Waals surface area contributed by atoms with Crippen LogP contribution in [0, 0.1) is 0 Å². The fourth-order valence-electron chi connectivity index (χ4n) is 2.38. The molecular formula is C15H16CoN2O3S+2. The Kier molecular flexibility index (Phi) is 5.22. The predicted octanol–water partition coefficient (Wildman–Crippen LogP) is 2.23. The molecule has 0 saturated carbocycles. The van der Waals surface area contributed by atoms with Gasteiger partial charge >= 0.3 is 16.8 Å². The van der Waals surface area contributed by atoms with Crippen molar-refractivity contribution in [3.8, 4) is 17.0 Å². The summed E-state index contributed by atoms with van der Waals surface area (Å²) < 4.78 is 5.25. The van der Waals surface area contributed by atoms with E-state index in [2.05, 4.69) is 10.3 Å². The van der Waals surface area contributed by atoms with E-state index in [-0.39, 0.29) is 16.8 Å². The SMILES string of the molecule is COc1ccc2c(c1)CCc1sc(NC(=O)C(C)O)nc1-2.[Co+2]. The summed E-state index contributed by atoms with van der Waals surface area (Å²) in [6.07, 6.45) is 0.797. The number of amides is 1. The molecule has 1 atom stereocenters. The van der Waals surface area contributed by atoms with Crippen LogP contribution in [0.25, 0.3) is 11.3 Å².